The lowest BCUT2D eigenvalue weighted by atomic mass is 10.0. The van der Waals surface area contributed by atoms with Crippen molar-refractivity contribution in [2.24, 2.45) is 0 Å². The van der Waals surface area contributed by atoms with Crippen molar-refractivity contribution >= 4 is 22.6 Å². The van der Waals surface area contributed by atoms with Crippen molar-refractivity contribution in [3.05, 3.63) is 83.6 Å². The number of nitrogens with one attached hydrogen (secondary N) is 1. The number of alkyl halides is 3. The second kappa shape index (κ2) is 10.4. The van der Waals surface area contributed by atoms with Crippen molar-refractivity contribution in [1.82, 2.24) is 14.9 Å². The van der Waals surface area contributed by atoms with Crippen LogP contribution >= 0.6 is 0 Å². The number of hydrogen-bond acceptors (Lipinski definition) is 5. The standard InChI is InChI=1S/C29H27F3N4O2/c1-18-9-10-19(12-24(18)27-16-33-25-7-3-4-8-26(25)35-27)28(37)34-21-13-20(29(30,31)32)14-23(15-21)38-17-22-6-5-11-36(22)2/h3-4,7-10,12-16,22H,5-6,11,17H2,1-2H3,(H,34,37)/t22-/m0/s1. The van der Waals surface area contributed by atoms with Gasteiger partial charge in [0.1, 0.15) is 12.4 Å². The lowest BCUT2D eigenvalue weighted by Crippen LogP contribution is -2.30. The molecule has 1 aliphatic rings. The molecule has 6 nitrogen and oxygen atoms in total. The maximum absolute atomic E-state index is 13.6. The summed E-state index contributed by atoms with van der Waals surface area (Å²) in [5.74, 6) is -0.479. The minimum absolute atomic E-state index is 0.00669. The molecule has 0 unspecified atom stereocenters. The largest absolute Gasteiger partial charge is 0.492 e. The molecule has 0 spiro atoms. The smallest absolute Gasteiger partial charge is 0.416 e. The third kappa shape index (κ3) is 5.62. The normalized spacial score (nSPS) is 16.1. The maximum atomic E-state index is 13.6. The summed E-state index contributed by atoms with van der Waals surface area (Å²) in [6, 6.07) is 16.0. The van der Waals surface area contributed by atoms with Crippen LogP contribution in [0.25, 0.3) is 22.3 Å². The van der Waals surface area contributed by atoms with Gasteiger partial charge in [-0.2, -0.15) is 13.2 Å². The van der Waals surface area contributed by atoms with E-state index in [2.05, 4.69) is 20.2 Å². The summed E-state index contributed by atoms with van der Waals surface area (Å²) in [6.07, 6.45) is -0.993. The van der Waals surface area contributed by atoms with E-state index in [1.54, 1.807) is 24.4 Å². The fraction of sp³-hybridized carbons (Fsp3) is 0.276. The zero-order valence-corrected chi connectivity index (χ0v) is 21.0. The minimum atomic E-state index is -4.59. The number of carbonyl (C=O) groups is 1. The van der Waals surface area contributed by atoms with Crippen LogP contribution in [-0.2, 0) is 6.18 Å². The quantitative estimate of drug-likeness (QED) is 0.321. The van der Waals surface area contributed by atoms with Crippen LogP contribution in [0.2, 0.25) is 0 Å². The van der Waals surface area contributed by atoms with E-state index in [9.17, 15) is 18.0 Å². The van der Waals surface area contributed by atoms with E-state index >= 15 is 0 Å². The van der Waals surface area contributed by atoms with E-state index in [4.69, 9.17) is 4.74 Å². The zero-order chi connectivity index (χ0) is 26.9. The van der Waals surface area contributed by atoms with Gasteiger partial charge in [0.15, 0.2) is 0 Å². The Labute approximate surface area is 218 Å². The molecule has 0 radical (unpaired) electrons. The molecule has 0 aliphatic carbocycles. The average molecular weight is 521 g/mol. The summed E-state index contributed by atoms with van der Waals surface area (Å²) in [6.45, 7) is 3.10. The fourth-order valence-electron chi connectivity index (χ4n) is 4.63. The Morgan fingerprint density at radius 2 is 1.89 bits per heavy atom. The number of aromatic nitrogens is 2. The van der Waals surface area contributed by atoms with Gasteiger partial charge >= 0.3 is 6.18 Å². The van der Waals surface area contributed by atoms with Crippen molar-refractivity contribution in [2.45, 2.75) is 32.0 Å². The first-order valence-electron chi connectivity index (χ1n) is 12.4. The van der Waals surface area contributed by atoms with E-state index in [1.807, 2.05) is 38.2 Å². The molecular weight excluding hydrogens is 493 g/mol. The van der Waals surface area contributed by atoms with Gasteiger partial charge in [-0.15, -0.1) is 0 Å². The van der Waals surface area contributed by atoms with Crippen molar-refractivity contribution in [3.8, 4) is 17.0 Å². The first kappa shape index (κ1) is 25.7. The third-order valence-electron chi connectivity index (χ3n) is 6.83. The predicted octanol–water partition coefficient (Wildman–Crippen LogP) is 6.35. The summed E-state index contributed by atoms with van der Waals surface area (Å²) in [5, 5.41) is 2.61. The van der Waals surface area contributed by atoms with Gasteiger partial charge in [0.05, 0.1) is 28.5 Å². The molecule has 1 atom stereocenters. The van der Waals surface area contributed by atoms with Crippen molar-refractivity contribution in [1.29, 1.82) is 0 Å². The Kier molecular flexibility index (Phi) is 7.03. The molecule has 1 aromatic heterocycles. The van der Waals surface area contributed by atoms with Crippen LogP contribution in [0.3, 0.4) is 0 Å². The molecule has 0 bridgehead atoms. The summed E-state index contributed by atoms with van der Waals surface area (Å²) < 4.78 is 46.6. The van der Waals surface area contributed by atoms with Crippen LogP contribution in [0.15, 0.2) is 66.9 Å². The van der Waals surface area contributed by atoms with E-state index in [-0.39, 0.29) is 29.6 Å². The highest BCUT2D eigenvalue weighted by Gasteiger charge is 2.32. The lowest BCUT2D eigenvalue weighted by molar-refractivity contribution is -0.137. The molecular formula is C29H27F3N4O2. The highest BCUT2D eigenvalue weighted by atomic mass is 19.4. The predicted molar refractivity (Wildman–Crippen MR) is 140 cm³/mol. The molecule has 196 valence electrons. The molecule has 1 saturated heterocycles. The number of aryl methyl sites for hydroxylation is 1. The fourth-order valence-corrected chi connectivity index (χ4v) is 4.63. The number of anilines is 1. The molecule has 38 heavy (non-hydrogen) atoms. The molecule has 5 rings (SSSR count). The van der Waals surface area contributed by atoms with Crippen LogP contribution in [0, 0.1) is 6.92 Å². The summed E-state index contributed by atoms with van der Waals surface area (Å²) in [7, 11) is 1.97. The topological polar surface area (TPSA) is 67.3 Å². The number of ether oxygens (including phenoxy) is 1. The van der Waals surface area contributed by atoms with Crippen LogP contribution < -0.4 is 10.1 Å². The van der Waals surface area contributed by atoms with Crippen LogP contribution in [0.5, 0.6) is 5.75 Å². The maximum Gasteiger partial charge on any atom is 0.416 e. The number of para-hydroxylation sites is 2. The second-order valence-electron chi connectivity index (χ2n) is 9.56. The van der Waals surface area contributed by atoms with Crippen molar-refractivity contribution in [3.63, 3.8) is 0 Å². The van der Waals surface area contributed by atoms with E-state index in [1.165, 1.54) is 6.07 Å². The van der Waals surface area contributed by atoms with Gasteiger partial charge in [-0.3, -0.25) is 9.78 Å². The van der Waals surface area contributed by atoms with E-state index in [0.29, 0.717) is 11.3 Å². The summed E-state index contributed by atoms with van der Waals surface area (Å²) >= 11 is 0. The number of fused-ring (bicyclic) bond motifs is 1. The average Bonchev–Trinajstić information content (AvgIpc) is 3.31. The van der Waals surface area contributed by atoms with E-state index in [0.717, 1.165) is 48.1 Å². The number of likely N-dealkylation sites (N-methyl/N-ethyl adjacent to an activating group) is 1. The van der Waals surface area contributed by atoms with E-state index < -0.39 is 17.6 Å². The second-order valence-corrected chi connectivity index (χ2v) is 9.56. The van der Waals surface area contributed by atoms with Crippen LogP contribution in [0.1, 0.15) is 34.3 Å². The molecule has 1 amide bonds. The Bertz CT molecular complexity index is 1490. The molecule has 3 aromatic carbocycles. The number of likely N-dealkylation sites (tertiary alicyclic amines) is 1. The first-order valence-corrected chi connectivity index (χ1v) is 12.4. The minimum Gasteiger partial charge on any atom is -0.492 e. The highest BCUT2D eigenvalue weighted by Crippen LogP contribution is 2.35. The monoisotopic (exact) mass is 520 g/mol. The Morgan fingerprint density at radius 1 is 1.11 bits per heavy atom. The number of rotatable bonds is 6. The third-order valence-corrected chi connectivity index (χ3v) is 6.83. The summed E-state index contributed by atoms with van der Waals surface area (Å²) in [5.41, 5.74) is 3.08. The Hall–Kier alpha value is -3.98. The van der Waals surface area contributed by atoms with Crippen LogP contribution in [0.4, 0.5) is 18.9 Å². The number of amides is 1. The molecule has 1 fully saturated rings. The number of halogens is 3. The van der Waals surface area contributed by atoms with Gasteiger partial charge in [-0.25, -0.2) is 4.98 Å². The first-order chi connectivity index (χ1) is 18.2. The van der Waals surface area contributed by atoms with Gasteiger partial charge in [0.2, 0.25) is 0 Å². The number of benzene rings is 3. The molecule has 1 N–H and O–H groups in total. The Balaban J connectivity index is 1.40. The molecule has 1 aliphatic heterocycles. The van der Waals surface area contributed by atoms with Gasteiger partial charge in [0, 0.05) is 28.9 Å². The zero-order valence-electron chi connectivity index (χ0n) is 21.0. The molecule has 9 heteroatoms. The molecule has 2 heterocycles. The van der Waals surface area contributed by atoms with Crippen molar-refractivity contribution < 1.29 is 22.7 Å². The van der Waals surface area contributed by atoms with Gasteiger partial charge in [0.25, 0.3) is 5.91 Å². The lowest BCUT2D eigenvalue weighted by Gasteiger charge is -2.20. The molecule has 0 saturated carbocycles. The Morgan fingerprint density at radius 3 is 2.63 bits per heavy atom. The SMILES string of the molecule is Cc1ccc(C(=O)Nc2cc(OC[C@@H]3CCCN3C)cc(C(F)(F)F)c2)cc1-c1cnc2ccccc2n1. The molecule has 4 aromatic rings. The summed E-state index contributed by atoms with van der Waals surface area (Å²) in [4.78, 5) is 24.4. The number of hydrogen-bond donors (Lipinski definition) is 1. The van der Waals surface area contributed by atoms with Gasteiger partial charge in [-0.05, 0) is 75.3 Å². The van der Waals surface area contributed by atoms with Crippen LogP contribution in [-0.4, -0.2) is 47.0 Å². The number of carbonyl (C=O) groups excluding carboxylic acids is 1. The highest BCUT2D eigenvalue weighted by molar-refractivity contribution is 6.05. The van der Waals surface area contributed by atoms with Crippen molar-refractivity contribution in [2.75, 3.05) is 25.5 Å². The van der Waals surface area contributed by atoms with Gasteiger partial charge in [-0.1, -0.05) is 18.2 Å². The van der Waals surface area contributed by atoms with Gasteiger partial charge < -0.3 is 15.0 Å². The number of nitrogens with zero attached hydrogens (tertiary/aromatic N) is 3.